The standard InChI is InChI=1S/C17H25FN2O/c1-3-4-5-6-7-15(19-2)13-10-12-8-9-17(21)20-16(12)11-14(13)18/h10-11,15,19H,3-9H2,1-2H3,(H,20,21). The van der Waals surface area contributed by atoms with Crippen molar-refractivity contribution in [1.82, 2.24) is 5.32 Å². The van der Waals surface area contributed by atoms with E-state index in [2.05, 4.69) is 17.6 Å². The second kappa shape index (κ2) is 7.55. The van der Waals surface area contributed by atoms with Gasteiger partial charge < -0.3 is 10.6 Å². The summed E-state index contributed by atoms with van der Waals surface area (Å²) in [5.41, 5.74) is 2.40. The summed E-state index contributed by atoms with van der Waals surface area (Å²) >= 11 is 0. The number of anilines is 1. The smallest absolute Gasteiger partial charge is 0.224 e. The van der Waals surface area contributed by atoms with E-state index in [-0.39, 0.29) is 17.8 Å². The molecule has 0 spiro atoms. The average Bonchev–Trinajstić information content (AvgIpc) is 2.47. The van der Waals surface area contributed by atoms with Gasteiger partial charge in [-0.05, 0) is 37.6 Å². The Morgan fingerprint density at radius 3 is 2.81 bits per heavy atom. The summed E-state index contributed by atoms with van der Waals surface area (Å²) in [6, 6.07) is 3.44. The van der Waals surface area contributed by atoms with E-state index in [1.807, 2.05) is 13.1 Å². The van der Waals surface area contributed by atoms with Crippen LogP contribution in [0.25, 0.3) is 0 Å². The minimum absolute atomic E-state index is 0.0283. The molecule has 21 heavy (non-hydrogen) atoms. The molecule has 0 saturated carbocycles. The highest BCUT2D eigenvalue weighted by Gasteiger charge is 2.20. The SMILES string of the molecule is CCCCCCC(NC)c1cc2c(cc1F)NC(=O)CC2. The average molecular weight is 292 g/mol. The first-order valence-corrected chi connectivity index (χ1v) is 7.95. The van der Waals surface area contributed by atoms with E-state index in [1.54, 1.807) is 0 Å². The molecule has 4 heteroatoms. The quantitative estimate of drug-likeness (QED) is 0.747. The molecule has 2 N–H and O–H groups in total. The number of fused-ring (bicyclic) bond motifs is 1. The number of aryl methyl sites for hydroxylation is 1. The predicted molar refractivity (Wildman–Crippen MR) is 83.9 cm³/mol. The van der Waals surface area contributed by atoms with Gasteiger partial charge in [0.1, 0.15) is 5.82 Å². The molecule has 1 unspecified atom stereocenters. The van der Waals surface area contributed by atoms with Crippen molar-refractivity contribution in [2.75, 3.05) is 12.4 Å². The van der Waals surface area contributed by atoms with Gasteiger partial charge in [-0.1, -0.05) is 32.6 Å². The molecule has 3 nitrogen and oxygen atoms in total. The molecule has 1 atom stereocenters. The molecule has 1 aromatic rings. The van der Waals surface area contributed by atoms with Crippen LogP contribution in [0.5, 0.6) is 0 Å². The molecule has 1 aliphatic rings. The maximum atomic E-state index is 14.3. The molecule has 0 aromatic heterocycles. The Balaban J connectivity index is 2.12. The molecule has 0 saturated heterocycles. The lowest BCUT2D eigenvalue weighted by Crippen LogP contribution is -2.22. The number of carbonyl (C=O) groups excluding carboxylic acids is 1. The third kappa shape index (κ3) is 4.03. The maximum Gasteiger partial charge on any atom is 0.224 e. The fourth-order valence-electron chi connectivity index (χ4n) is 2.92. The predicted octanol–water partition coefficient (Wildman–Crippen LogP) is 3.94. The minimum atomic E-state index is -0.231. The monoisotopic (exact) mass is 292 g/mol. The fraction of sp³-hybridized carbons (Fsp3) is 0.588. The van der Waals surface area contributed by atoms with E-state index in [0.29, 0.717) is 18.5 Å². The summed E-state index contributed by atoms with van der Waals surface area (Å²) in [6.45, 7) is 2.19. The summed E-state index contributed by atoms with van der Waals surface area (Å²) in [5.74, 6) is -0.259. The molecular weight excluding hydrogens is 267 g/mol. The number of unbranched alkanes of at least 4 members (excludes halogenated alkanes) is 3. The van der Waals surface area contributed by atoms with Gasteiger partial charge in [-0.25, -0.2) is 4.39 Å². The van der Waals surface area contributed by atoms with Crippen molar-refractivity contribution in [2.24, 2.45) is 0 Å². The van der Waals surface area contributed by atoms with Crippen molar-refractivity contribution in [3.63, 3.8) is 0 Å². The molecule has 1 heterocycles. The Morgan fingerprint density at radius 1 is 1.29 bits per heavy atom. The Kier molecular flexibility index (Phi) is 5.74. The van der Waals surface area contributed by atoms with Gasteiger partial charge in [0.2, 0.25) is 5.91 Å². The molecule has 1 aliphatic heterocycles. The van der Waals surface area contributed by atoms with Crippen LogP contribution >= 0.6 is 0 Å². The fourth-order valence-corrected chi connectivity index (χ4v) is 2.92. The molecule has 116 valence electrons. The number of halogens is 1. The zero-order valence-corrected chi connectivity index (χ0v) is 13.0. The number of nitrogens with one attached hydrogen (secondary N) is 2. The number of rotatable bonds is 7. The second-order valence-electron chi connectivity index (χ2n) is 5.77. The van der Waals surface area contributed by atoms with Crippen molar-refractivity contribution in [3.8, 4) is 0 Å². The van der Waals surface area contributed by atoms with Crippen LogP contribution in [-0.4, -0.2) is 13.0 Å². The van der Waals surface area contributed by atoms with Crippen LogP contribution in [0.15, 0.2) is 12.1 Å². The largest absolute Gasteiger partial charge is 0.326 e. The first-order chi connectivity index (χ1) is 10.2. The summed E-state index contributed by atoms with van der Waals surface area (Å²) in [5, 5.41) is 5.97. The van der Waals surface area contributed by atoms with Gasteiger partial charge in [-0.3, -0.25) is 4.79 Å². The Hall–Kier alpha value is -1.42. The van der Waals surface area contributed by atoms with Crippen LogP contribution in [0.3, 0.4) is 0 Å². The highest BCUT2D eigenvalue weighted by molar-refractivity contribution is 5.93. The lowest BCUT2D eigenvalue weighted by molar-refractivity contribution is -0.116. The van der Waals surface area contributed by atoms with Gasteiger partial charge >= 0.3 is 0 Å². The van der Waals surface area contributed by atoms with Crippen LogP contribution in [0.4, 0.5) is 10.1 Å². The van der Waals surface area contributed by atoms with Gasteiger partial charge in [0, 0.05) is 23.7 Å². The minimum Gasteiger partial charge on any atom is -0.326 e. The first-order valence-electron chi connectivity index (χ1n) is 7.95. The summed E-state index contributed by atoms with van der Waals surface area (Å²) in [7, 11) is 1.88. The number of benzene rings is 1. The number of carbonyl (C=O) groups is 1. The van der Waals surface area contributed by atoms with Crippen molar-refractivity contribution < 1.29 is 9.18 Å². The Morgan fingerprint density at radius 2 is 2.10 bits per heavy atom. The Bertz CT molecular complexity index is 502. The molecular formula is C17H25FN2O. The van der Waals surface area contributed by atoms with Crippen LogP contribution in [-0.2, 0) is 11.2 Å². The highest BCUT2D eigenvalue weighted by Crippen LogP contribution is 2.30. The van der Waals surface area contributed by atoms with E-state index in [9.17, 15) is 9.18 Å². The van der Waals surface area contributed by atoms with Crippen molar-refractivity contribution in [1.29, 1.82) is 0 Å². The first kappa shape index (κ1) is 16.0. The van der Waals surface area contributed by atoms with Crippen LogP contribution in [0, 0.1) is 5.82 Å². The van der Waals surface area contributed by atoms with Crippen molar-refractivity contribution >= 4 is 11.6 Å². The Labute approximate surface area is 126 Å². The second-order valence-corrected chi connectivity index (χ2v) is 5.77. The number of hydrogen-bond donors (Lipinski definition) is 2. The molecule has 0 bridgehead atoms. The summed E-state index contributed by atoms with van der Waals surface area (Å²) in [4.78, 5) is 11.4. The molecule has 1 amide bonds. The van der Waals surface area contributed by atoms with E-state index >= 15 is 0 Å². The van der Waals surface area contributed by atoms with Gasteiger partial charge in [-0.2, -0.15) is 0 Å². The van der Waals surface area contributed by atoms with Gasteiger partial charge in [-0.15, -0.1) is 0 Å². The van der Waals surface area contributed by atoms with Gasteiger partial charge in [0.05, 0.1) is 0 Å². The number of hydrogen-bond acceptors (Lipinski definition) is 2. The topological polar surface area (TPSA) is 41.1 Å². The normalized spacial score (nSPS) is 15.5. The summed E-state index contributed by atoms with van der Waals surface area (Å²) < 4.78 is 14.3. The highest BCUT2D eigenvalue weighted by atomic mass is 19.1. The molecule has 0 radical (unpaired) electrons. The van der Waals surface area contributed by atoms with Gasteiger partial charge in [0.15, 0.2) is 0 Å². The zero-order valence-electron chi connectivity index (χ0n) is 13.0. The zero-order chi connectivity index (χ0) is 15.2. The summed E-state index contributed by atoms with van der Waals surface area (Å²) in [6.07, 6.45) is 6.86. The van der Waals surface area contributed by atoms with E-state index in [4.69, 9.17) is 0 Å². The van der Waals surface area contributed by atoms with Crippen molar-refractivity contribution in [3.05, 3.63) is 29.1 Å². The van der Waals surface area contributed by atoms with Gasteiger partial charge in [0.25, 0.3) is 0 Å². The molecule has 1 aromatic carbocycles. The third-order valence-corrected chi connectivity index (χ3v) is 4.19. The van der Waals surface area contributed by atoms with E-state index in [0.717, 1.165) is 24.0 Å². The third-order valence-electron chi connectivity index (χ3n) is 4.19. The van der Waals surface area contributed by atoms with E-state index < -0.39 is 0 Å². The molecule has 0 aliphatic carbocycles. The lowest BCUT2D eigenvalue weighted by atomic mass is 9.94. The molecule has 0 fully saturated rings. The maximum absolute atomic E-state index is 14.3. The van der Waals surface area contributed by atoms with Crippen LogP contribution < -0.4 is 10.6 Å². The van der Waals surface area contributed by atoms with E-state index in [1.165, 1.54) is 25.3 Å². The lowest BCUT2D eigenvalue weighted by Gasteiger charge is -2.22. The number of amides is 1. The van der Waals surface area contributed by atoms with Crippen molar-refractivity contribution in [2.45, 2.75) is 57.9 Å². The van der Waals surface area contributed by atoms with Crippen LogP contribution in [0.2, 0.25) is 0 Å². The molecule has 2 rings (SSSR count). The van der Waals surface area contributed by atoms with Crippen LogP contribution in [0.1, 0.15) is 62.6 Å².